The Morgan fingerprint density at radius 2 is 1.49 bits per heavy atom. The minimum Gasteiger partial charge on any atom is -0.496 e. The van der Waals surface area contributed by atoms with E-state index in [1.54, 1.807) is 13.2 Å². The number of hydrogen-bond donors (Lipinski definition) is 0. The van der Waals surface area contributed by atoms with Gasteiger partial charge in [-0.2, -0.15) is 0 Å². The Balaban J connectivity index is 1.42. The number of likely N-dealkylation sites (N-methyl/N-ethyl adjacent to an activating group) is 2. The summed E-state index contributed by atoms with van der Waals surface area (Å²) in [7, 11) is 6.03. The van der Waals surface area contributed by atoms with Gasteiger partial charge < -0.3 is 19.4 Å². The zero-order valence-corrected chi connectivity index (χ0v) is 23.5. The van der Waals surface area contributed by atoms with Crippen LogP contribution in [0.1, 0.15) is 21.5 Å². The Kier molecular flexibility index (Phi) is 8.77. The highest BCUT2D eigenvalue weighted by molar-refractivity contribution is 6.11. The molecule has 0 amide bonds. The van der Waals surface area contributed by atoms with Crippen LogP contribution in [0.2, 0.25) is 0 Å². The minimum absolute atomic E-state index is 0.0323. The van der Waals surface area contributed by atoms with Crippen LogP contribution in [0, 0.1) is 0 Å². The monoisotopic (exact) mass is 524 g/mol. The standard InChI is InChI=1S/C33H40N4O2/c1-34-16-20-36(21-17-34)25-28-9-5-4-8-26(28)13-15-32(38)30-14-12-27(29-10-6-7-11-33(29)39-3)24-31(30)37-22-18-35(2)19-23-37/h4-15,24H,16-23,25H2,1-3H3/b15-13+. The molecular formula is C33H40N4O2. The number of ketones is 1. The molecular weight excluding hydrogens is 484 g/mol. The molecule has 0 spiro atoms. The molecule has 0 bridgehead atoms. The number of para-hydroxylation sites is 1. The van der Waals surface area contributed by atoms with Gasteiger partial charge in [0.2, 0.25) is 0 Å². The summed E-state index contributed by atoms with van der Waals surface area (Å²) in [4.78, 5) is 23.2. The number of nitrogens with zero attached hydrogens (tertiary/aromatic N) is 4. The van der Waals surface area contributed by atoms with Crippen LogP contribution in [-0.2, 0) is 6.54 Å². The summed E-state index contributed by atoms with van der Waals surface area (Å²) in [6, 6.07) is 22.7. The number of rotatable bonds is 8. The zero-order chi connectivity index (χ0) is 27.2. The van der Waals surface area contributed by atoms with E-state index in [1.807, 2.05) is 36.4 Å². The first kappa shape index (κ1) is 27.1. The van der Waals surface area contributed by atoms with Crippen molar-refractivity contribution in [2.24, 2.45) is 0 Å². The quantitative estimate of drug-likeness (QED) is 0.313. The van der Waals surface area contributed by atoms with Gasteiger partial charge in [-0.15, -0.1) is 0 Å². The molecule has 0 saturated carbocycles. The molecule has 6 heteroatoms. The van der Waals surface area contributed by atoms with Crippen LogP contribution in [0.25, 0.3) is 17.2 Å². The van der Waals surface area contributed by atoms with Gasteiger partial charge in [0.05, 0.1) is 7.11 Å². The lowest BCUT2D eigenvalue weighted by atomic mass is 9.97. The smallest absolute Gasteiger partial charge is 0.187 e. The van der Waals surface area contributed by atoms with Crippen LogP contribution in [0.5, 0.6) is 5.75 Å². The Bertz CT molecular complexity index is 1300. The summed E-state index contributed by atoms with van der Waals surface area (Å²) in [5.41, 5.74) is 6.19. The normalized spacial score (nSPS) is 17.6. The molecule has 0 radical (unpaired) electrons. The van der Waals surface area contributed by atoms with Crippen molar-refractivity contribution in [2.75, 3.05) is 78.5 Å². The first-order valence-corrected chi connectivity index (χ1v) is 13.9. The Hall–Kier alpha value is -3.45. The maximum absolute atomic E-state index is 13.7. The van der Waals surface area contributed by atoms with E-state index >= 15 is 0 Å². The summed E-state index contributed by atoms with van der Waals surface area (Å²) in [5.74, 6) is 0.864. The largest absolute Gasteiger partial charge is 0.496 e. The van der Waals surface area contributed by atoms with E-state index < -0.39 is 0 Å². The molecule has 204 valence electrons. The van der Waals surface area contributed by atoms with Crippen molar-refractivity contribution in [3.05, 3.63) is 89.5 Å². The van der Waals surface area contributed by atoms with E-state index in [-0.39, 0.29) is 5.78 Å². The summed E-state index contributed by atoms with van der Waals surface area (Å²) in [6.45, 7) is 8.97. The average Bonchev–Trinajstić information content (AvgIpc) is 2.98. The Labute approximate surface area is 233 Å². The van der Waals surface area contributed by atoms with Gasteiger partial charge >= 0.3 is 0 Å². The molecule has 3 aromatic rings. The van der Waals surface area contributed by atoms with Gasteiger partial charge in [0.1, 0.15) is 5.75 Å². The predicted octanol–water partition coefficient (Wildman–Crippen LogP) is 4.76. The van der Waals surface area contributed by atoms with Gasteiger partial charge in [0.15, 0.2) is 5.78 Å². The van der Waals surface area contributed by atoms with Gasteiger partial charge in [-0.3, -0.25) is 9.69 Å². The second-order valence-electron chi connectivity index (χ2n) is 10.7. The second-order valence-corrected chi connectivity index (χ2v) is 10.7. The van der Waals surface area contributed by atoms with Crippen molar-refractivity contribution in [3.63, 3.8) is 0 Å². The molecule has 3 aromatic carbocycles. The minimum atomic E-state index is 0.0323. The number of anilines is 1. The van der Waals surface area contributed by atoms with Crippen molar-refractivity contribution < 1.29 is 9.53 Å². The predicted molar refractivity (Wildman–Crippen MR) is 161 cm³/mol. The Morgan fingerprint density at radius 1 is 0.821 bits per heavy atom. The fraction of sp³-hybridized carbons (Fsp3) is 0.364. The molecule has 0 unspecified atom stereocenters. The van der Waals surface area contributed by atoms with E-state index in [0.717, 1.165) is 92.6 Å². The maximum Gasteiger partial charge on any atom is 0.187 e. The molecule has 0 N–H and O–H groups in total. The number of benzene rings is 3. The van der Waals surface area contributed by atoms with Gasteiger partial charge in [0.25, 0.3) is 0 Å². The Morgan fingerprint density at radius 3 is 2.23 bits per heavy atom. The summed E-state index contributed by atoms with van der Waals surface area (Å²) in [6.07, 6.45) is 3.75. The molecule has 2 aliphatic rings. The van der Waals surface area contributed by atoms with Crippen molar-refractivity contribution >= 4 is 17.5 Å². The maximum atomic E-state index is 13.7. The summed E-state index contributed by atoms with van der Waals surface area (Å²) >= 11 is 0. The van der Waals surface area contributed by atoms with Gasteiger partial charge in [0, 0.05) is 75.7 Å². The van der Waals surface area contributed by atoms with E-state index in [0.29, 0.717) is 0 Å². The zero-order valence-electron chi connectivity index (χ0n) is 23.5. The highest BCUT2D eigenvalue weighted by Gasteiger charge is 2.21. The molecule has 2 fully saturated rings. The van der Waals surface area contributed by atoms with Crippen molar-refractivity contribution in [3.8, 4) is 16.9 Å². The highest BCUT2D eigenvalue weighted by Crippen LogP contribution is 2.34. The number of ether oxygens (including phenoxy) is 1. The average molecular weight is 525 g/mol. The summed E-state index contributed by atoms with van der Waals surface area (Å²) in [5, 5.41) is 0. The molecule has 0 atom stereocenters. The van der Waals surface area contributed by atoms with Gasteiger partial charge in [-0.05, 0) is 55.1 Å². The van der Waals surface area contributed by atoms with Crippen LogP contribution >= 0.6 is 0 Å². The number of carbonyl (C=O) groups excluding carboxylic acids is 1. The fourth-order valence-electron chi connectivity index (χ4n) is 5.44. The molecule has 2 saturated heterocycles. The molecule has 39 heavy (non-hydrogen) atoms. The third-order valence-corrected chi connectivity index (χ3v) is 7.98. The van der Waals surface area contributed by atoms with E-state index in [4.69, 9.17) is 4.74 Å². The van der Waals surface area contributed by atoms with Gasteiger partial charge in [-0.1, -0.05) is 54.6 Å². The lowest BCUT2D eigenvalue weighted by Gasteiger charge is -2.35. The third kappa shape index (κ3) is 6.59. The molecule has 2 heterocycles. The van der Waals surface area contributed by atoms with Crippen molar-refractivity contribution in [1.29, 1.82) is 0 Å². The lowest BCUT2D eigenvalue weighted by Crippen LogP contribution is -2.45. The number of allylic oxidation sites excluding steroid dienone is 1. The van der Waals surface area contributed by atoms with Crippen molar-refractivity contribution in [1.82, 2.24) is 14.7 Å². The van der Waals surface area contributed by atoms with Crippen LogP contribution in [-0.4, -0.2) is 94.0 Å². The highest BCUT2D eigenvalue weighted by atomic mass is 16.5. The van der Waals surface area contributed by atoms with Gasteiger partial charge in [-0.25, -0.2) is 0 Å². The molecule has 0 aliphatic carbocycles. The lowest BCUT2D eigenvalue weighted by molar-refractivity contribution is 0.104. The number of hydrogen-bond acceptors (Lipinski definition) is 6. The van der Waals surface area contributed by atoms with Crippen LogP contribution < -0.4 is 9.64 Å². The number of carbonyl (C=O) groups is 1. The third-order valence-electron chi connectivity index (χ3n) is 7.98. The topological polar surface area (TPSA) is 39.3 Å². The van der Waals surface area contributed by atoms with Crippen LogP contribution in [0.15, 0.2) is 72.8 Å². The number of methoxy groups -OCH3 is 1. The molecule has 5 rings (SSSR count). The molecule has 2 aliphatic heterocycles. The number of piperazine rings is 2. The first-order valence-electron chi connectivity index (χ1n) is 13.9. The first-order chi connectivity index (χ1) is 19.0. The van der Waals surface area contributed by atoms with E-state index in [9.17, 15) is 4.79 Å². The second kappa shape index (κ2) is 12.6. The molecule has 6 nitrogen and oxygen atoms in total. The van der Waals surface area contributed by atoms with E-state index in [1.165, 1.54) is 5.56 Å². The van der Waals surface area contributed by atoms with Crippen molar-refractivity contribution in [2.45, 2.75) is 6.54 Å². The SMILES string of the molecule is COc1ccccc1-c1ccc(C(=O)/C=C/c2ccccc2CN2CCN(C)CC2)c(N2CCN(C)CC2)c1. The van der Waals surface area contributed by atoms with Crippen LogP contribution in [0.3, 0.4) is 0 Å². The van der Waals surface area contributed by atoms with E-state index in [2.05, 4.69) is 70.1 Å². The fourth-order valence-corrected chi connectivity index (χ4v) is 5.44. The summed E-state index contributed by atoms with van der Waals surface area (Å²) < 4.78 is 5.63. The van der Waals surface area contributed by atoms with Crippen LogP contribution in [0.4, 0.5) is 5.69 Å². The molecule has 0 aromatic heterocycles.